The molecule has 0 aromatic heterocycles. The molecule has 4 rings (SSSR count). The molecule has 15 atom stereocenters. The molecule has 0 spiro atoms. The van der Waals surface area contributed by atoms with Crippen molar-refractivity contribution in [1.29, 1.82) is 0 Å². The minimum absolute atomic E-state index is 0.00678. The molecule has 4 aliphatic rings. The number of aliphatic hydroxyl groups is 2. The van der Waals surface area contributed by atoms with Gasteiger partial charge in [-0.25, -0.2) is 4.79 Å². The Morgan fingerprint density at radius 3 is 2.23 bits per heavy atom. The first-order valence-electron chi connectivity index (χ1n) is 24.5. The standard InChI is InChI=1S/C53H83NO12/c1-32-18-14-13-15-19-33(2)44(62-10)31-41-23-21-39(8)53(60,66-41)50(57)51(58)54-25-17-16-20-42(54)52(59)65-45(36(5)28-40-22-24-43(61-9)46(30-40)63-11)29-35(4)34(3)27-38(7)48(56)49(64-12)47(55)37(6)26-32/h13-15,18-19,27,32,34,36-37,39-46,48-49,56,60H,4,16-17,20-26,28-31H2,1-3,5-12H3/b15-13+,18-14+,33-19+,38-27+/t32?,34?,36?,37?,39?,40?,41?,42?,43?,44-,45?,46?,48?,49?,53?/m0/s1. The summed E-state index contributed by atoms with van der Waals surface area (Å²) in [6, 6.07) is -1.04. The molecule has 0 aromatic carbocycles. The Morgan fingerprint density at radius 1 is 0.848 bits per heavy atom. The van der Waals surface area contributed by atoms with Gasteiger partial charge in [-0.15, -0.1) is 0 Å². The van der Waals surface area contributed by atoms with Crippen LogP contribution in [0.5, 0.6) is 0 Å². The molecule has 1 amide bonds. The van der Waals surface area contributed by atoms with Crippen LogP contribution in [0.25, 0.3) is 0 Å². The number of rotatable bonds is 7. The van der Waals surface area contributed by atoms with E-state index < -0.39 is 65.9 Å². The molecule has 2 N–H and O–H groups in total. The zero-order valence-electron chi connectivity index (χ0n) is 41.9. The van der Waals surface area contributed by atoms with E-state index in [-0.39, 0.29) is 54.1 Å². The van der Waals surface area contributed by atoms with E-state index in [4.69, 9.17) is 28.4 Å². The first-order chi connectivity index (χ1) is 31.3. The summed E-state index contributed by atoms with van der Waals surface area (Å²) in [5.74, 6) is -6.38. The van der Waals surface area contributed by atoms with Crippen molar-refractivity contribution in [3.05, 3.63) is 59.8 Å². The molecule has 1 saturated carbocycles. The summed E-state index contributed by atoms with van der Waals surface area (Å²) in [5.41, 5.74) is 2.21. The topological polar surface area (TPSA) is 167 Å². The van der Waals surface area contributed by atoms with Crippen molar-refractivity contribution in [2.24, 2.45) is 35.5 Å². The quantitative estimate of drug-likeness (QED) is 0.145. The van der Waals surface area contributed by atoms with Crippen molar-refractivity contribution in [1.82, 2.24) is 4.90 Å². The van der Waals surface area contributed by atoms with Crippen molar-refractivity contribution in [2.75, 3.05) is 35.0 Å². The number of amides is 1. The molecule has 3 aliphatic heterocycles. The third kappa shape index (κ3) is 14.4. The van der Waals surface area contributed by atoms with Crippen LogP contribution in [0, 0.1) is 35.5 Å². The summed E-state index contributed by atoms with van der Waals surface area (Å²) >= 11 is 0. The zero-order valence-corrected chi connectivity index (χ0v) is 41.9. The van der Waals surface area contributed by atoms with Crippen LogP contribution in [0.3, 0.4) is 0 Å². The lowest BCUT2D eigenvalue weighted by Crippen LogP contribution is -2.61. The van der Waals surface area contributed by atoms with E-state index in [0.717, 1.165) is 36.8 Å². The number of allylic oxidation sites excluding steroid dienone is 6. The largest absolute Gasteiger partial charge is 0.460 e. The monoisotopic (exact) mass is 926 g/mol. The van der Waals surface area contributed by atoms with Crippen molar-refractivity contribution in [2.45, 2.75) is 180 Å². The lowest BCUT2D eigenvalue weighted by molar-refractivity contribution is -0.265. The molecule has 66 heavy (non-hydrogen) atoms. The van der Waals surface area contributed by atoms with Gasteiger partial charge in [0.1, 0.15) is 24.4 Å². The van der Waals surface area contributed by atoms with Crippen molar-refractivity contribution < 1.29 is 57.8 Å². The highest BCUT2D eigenvalue weighted by Crippen LogP contribution is 2.38. The molecule has 0 radical (unpaired) electrons. The molecule has 14 unspecified atom stereocenters. The Hall–Kier alpha value is -3.30. The van der Waals surface area contributed by atoms with E-state index in [1.54, 1.807) is 35.2 Å². The van der Waals surface area contributed by atoms with Crippen LogP contribution in [0.15, 0.2) is 59.8 Å². The van der Waals surface area contributed by atoms with E-state index in [0.29, 0.717) is 56.9 Å². The molecule has 1 aliphatic carbocycles. The van der Waals surface area contributed by atoms with Gasteiger partial charge in [-0.2, -0.15) is 0 Å². The van der Waals surface area contributed by atoms with Crippen LogP contribution in [-0.2, 0) is 47.6 Å². The van der Waals surface area contributed by atoms with Gasteiger partial charge in [0.25, 0.3) is 11.7 Å². The maximum atomic E-state index is 14.5. The highest BCUT2D eigenvalue weighted by Gasteiger charge is 2.53. The molecule has 3 fully saturated rings. The first-order valence-corrected chi connectivity index (χ1v) is 24.5. The van der Waals surface area contributed by atoms with Crippen LogP contribution in [0.4, 0.5) is 0 Å². The Morgan fingerprint density at radius 2 is 1.56 bits per heavy atom. The molecule has 3 heterocycles. The summed E-state index contributed by atoms with van der Waals surface area (Å²) in [7, 11) is 6.43. The molecule has 13 nitrogen and oxygen atoms in total. The van der Waals surface area contributed by atoms with Gasteiger partial charge in [-0.1, -0.05) is 83.2 Å². The number of esters is 1. The van der Waals surface area contributed by atoms with E-state index >= 15 is 0 Å². The molecule has 13 heteroatoms. The number of piperidine rings is 1. The van der Waals surface area contributed by atoms with E-state index in [9.17, 15) is 29.4 Å². The molecular weight excluding hydrogens is 843 g/mol. The van der Waals surface area contributed by atoms with Crippen molar-refractivity contribution in [3.8, 4) is 0 Å². The number of fused-ring (bicyclic) bond motifs is 3. The Kier molecular flexibility index (Phi) is 21.7. The normalized spacial score (nSPS) is 40.0. The lowest BCUT2D eigenvalue weighted by Gasteiger charge is -2.42. The number of methoxy groups -OCH3 is 4. The van der Waals surface area contributed by atoms with Gasteiger partial charge in [0, 0.05) is 59.7 Å². The number of ketones is 2. The average Bonchev–Trinajstić information content (AvgIpc) is 3.30. The van der Waals surface area contributed by atoms with E-state index in [2.05, 4.69) is 13.5 Å². The number of carbonyl (C=O) groups excluding carboxylic acids is 4. The summed E-state index contributed by atoms with van der Waals surface area (Å²) in [4.78, 5) is 58.1. The smallest absolute Gasteiger partial charge is 0.329 e. The predicted octanol–water partition coefficient (Wildman–Crippen LogP) is 7.82. The summed E-state index contributed by atoms with van der Waals surface area (Å²) in [5, 5.41) is 23.5. The van der Waals surface area contributed by atoms with Gasteiger partial charge >= 0.3 is 5.97 Å². The highest BCUT2D eigenvalue weighted by atomic mass is 16.6. The predicted molar refractivity (Wildman–Crippen MR) is 254 cm³/mol. The minimum atomic E-state index is -2.39. The van der Waals surface area contributed by atoms with Gasteiger partial charge in [-0.05, 0) is 113 Å². The number of Topliss-reactive ketones (excluding diaryl/α,β-unsaturated/α-hetero) is 2. The summed E-state index contributed by atoms with van der Waals surface area (Å²) in [6.45, 7) is 17.9. The van der Waals surface area contributed by atoms with Gasteiger partial charge < -0.3 is 43.5 Å². The van der Waals surface area contributed by atoms with Crippen LogP contribution < -0.4 is 0 Å². The number of carbonyl (C=O) groups is 4. The zero-order chi connectivity index (χ0) is 48.9. The second-order valence-corrected chi connectivity index (χ2v) is 20.0. The number of hydrogen-bond acceptors (Lipinski definition) is 12. The number of hydrogen-bond donors (Lipinski definition) is 2. The average molecular weight is 926 g/mol. The Balaban J connectivity index is 1.70. The second kappa shape index (κ2) is 25.9. The van der Waals surface area contributed by atoms with Crippen molar-refractivity contribution in [3.63, 3.8) is 0 Å². The van der Waals surface area contributed by atoms with E-state index in [1.807, 2.05) is 64.2 Å². The van der Waals surface area contributed by atoms with Crippen molar-refractivity contribution >= 4 is 23.4 Å². The Labute approximate surface area is 395 Å². The third-order valence-corrected chi connectivity index (χ3v) is 15.0. The summed E-state index contributed by atoms with van der Waals surface area (Å²) < 4.78 is 35.7. The van der Waals surface area contributed by atoms with Gasteiger partial charge in [0.05, 0.1) is 24.4 Å². The fourth-order valence-electron chi connectivity index (χ4n) is 10.5. The van der Waals surface area contributed by atoms with Crippen LogP contribution in [0.2, 0.25) is 0 Å². The molecule has 2 bridgehead atoms. The first kappa shape index (κ1) is 55.3. The highest BCUT2D eigenvalue weighted by molar-refractivity contribution is 6.39. The van der Waals surface area contributed by atoms with Gasteiger partial charge in [-0.3, -0.25) is 14.4 Å². The van der Waals surface area contributed by atoms with Crippen LogP contribution in [0.1, 0.15) is 126 Å². The van der Waals surface area contributed by atoms with Gasteiger partial charge in [0.2, 0.25) is 5.79 Å². The van der Waals surface area contributed by atoms with E-state index in [1.165, 1.54) is 12.0 Å². The lowest BCUT2D eigenvalue weighted by atomic mass is 9.78. The number of ether oxygens (including phenoxy) is 6. The number of aliphatic hydroxyl groups excluding tert-OH is 1. The minimum Gasteiger partial charge on any atom is -0.460 e. The maximum absolute atomic E-state index is 14.5. The summed E-state index contributed by atoms with van der Waals surface area (Å²) in [6.07, 6.45) is 14.7. The SMILES string of the molecule is C=C1CC(C(C)CC2CCC(OC)C(OC)C2)OC(=O)C2CCCCN2C(=O)C(=O)C2(O)OC(CCC2C)C[C@H](OC)/C(C)=C/C=C/C=C/C(C)CC(C)C(=O)C(OC)C(O)/C(C)=C/C1C. The fraction of sp³-hybridized carbons (Fsp3) is 0.736. The molecule has 2 saturated heterocycles. The maximum Gasteiger partial charge on any atom is 0.329 e. The fourth-order valence-corrected chi connectivity index (χ4v) is 10.5. The number of cyclic esters (lactones) is 1. The third-order valence-electron chi connectivity index (χ3n) is 15.0. The van der Waals surface area contributed by atoms with Gasteiger partial charge in [0.15, 0.2) is 5.78 Å². The second-order valence-electron chi connectivity index (χ2n) is 20.0. The molecular formula is C53H83NO12. The van der Waals surface area contributed by atoms with Crippen LogP contribution in [-0.4, -0.2) is 128 Å². The number of nitrogens with zero attached hydrogens (tertiary/aromatic N) is 1. The Bertz CT molecular complexity index is 1770. The molecule has 0 aromatic rings. The van der Waals surface area contributed by atoms with Crippen LogP contribution >= 0.6 is 0 Å². The molecule has 372 valence electrons.